The molecule has 1 aliphatic rings. The zero-order valence-electron chi connectivity index (χ0n) is 18.8. The van der Waals surface area contributed by atoms with E-state index in [9.17, 15) is 9.59 Å². The van der Waals surface area contributed by atoms with Gasteiger partial charge >= 0.3 is 0 Å². The normalized spacial score (nSPS) is 14.5. The maximum atomic E-state index is 12.5. The maximum absolute atomic E-state index is 12.5. The Morgan fingerprint density at radius 3 is 2.42 bits per heavy atom. The van der Waals surface area contributed by atoms with Gasteiger partial charge in [-0.05, 0) is 45.0 Å². The van der Waals surface area contributed by atoms with E-state index in [1.807, 2.05) is 35.6 Å². The van der Waals surface area contributed by atoms with Gasteiger partial charge in [0.2, 0.25) is 5.91 Å². The van der Waals surface area contributed by atoms with E-state index in [0.29, 0.717) is 25.2 Å². The summed E-state index contributed by atoms with van der Waals surface area (Å²) in [4.78, 5) is 26.2. The predicted octanol–water partition coefficient (Wildman–Crippen LogP) is 2.47. The quantitative estimate of drug-likeness (QED) is 0.698. The van der Waals surface area contributed by atoms with E-state index in [1.165, 1.54) is 7.11 Å². The van der Waals surface area contributed by atoms with Crippen molar-refractivity contribution in [1.29, 1.82) is 0 Å². The number of piperidine rings is 1. The summed E-state index contributed by atoms with van der Waals surface area (Å²) in [6, 6.07) is 7.19. The number of methoxy groups -OCH3 is 1. The molecule has 1 fully saturated rings. The molecule has 3 rings (SSSR count). The number of aryl methyl sites for hydroxylation is 2. The van der Waals surface area contributed by atoms with Crippen molar-refractivity contribution < 1.29 is 19.1 Å². The highest BCUT2D eigenvalue weighted by atomic mass is 16.5. The smallest absolute Gasteiger partial charge is 0.251 e. The molecule has 2 heterocycles. The summed E-state index contributed by atoms with van der Waals surface area (Å²) in [7, 11) is 1.53. The van der Waals surface area contributed by atoms with Crippen LogP contribution in [0, 0.1) is 13.8 Å². The summed E-state index contributed by atoms with van der Waals surface area (Å²) in [5.41, 5.74) is 3.67. The lowest BCUT2D eigenvalue weighted by atomic mass is 10.1. The van der Waals surface area contributed by atoms with Crippen molar-refractivity contribution >= 4 is 11.8 Å². The van der Waals surface area contributed by atoms with Crippen molar-refractivity contribution in [3.63, 3.8) is 0 Å². The zero-order chi connectivity index (χ0) is 22.4. The third-order valence-corrected chi connectivity index (χ3v) is 5.74. The average molecular weight is 429 g/mol. The Morgan fingerprint density at radius 2 is 1.84 bits per heavy atom. The molecule has 8 heteroatoms. The summed E-state index contributed by atoms with van der Waals surface area (Å²) >= 11 is 0. The van der Waals surface area contributed by atoms with Crippen LogP contribution in [0.1, 0.15) is 47.1 Å². The molecule has 0 spiro atoms. The van der Waals surface area contributed by atoms with Crippen molar-refractivity contribution in [1.82, 2.24) is 20.0 Å². The number of hydrogen-bond acceptors (Lipinski definition) is 5. The van der Waals surface area contributed by atoms with Crippen molar-refractivity contribution in [3.8, 4) is 5.75 Å². The number of likely N-dealkylation sites (tertiary alicyclic amines) is 1. The SMILES string of the molecule is CCn1nc(C)c(CNC(=O)c2ccc(OC3CCN(C(=O)COC)CC3)cc2)c1C. The van der Waals surface area contributed by atoms with E-state index in [0.717, 1.165) is 42.1 Å². The fraction of sp³-hybridized carbons (Fsp3) is 0.522. The number of rotatable bonds is 8. The van der Waals surface area contributed by atoms with E-state index in [1.54, 1.807) is 12.1 Å². The Hall–Kier alpha value is -2.87. The Bertz CT molecular complexity index is 899. The van der Waals surface area contributed by atoms with E-state index >= 15 is 0 Å². The molecule has 0 unspecified atom stereocenters. The monoisotopic (exact) mass is 428 g/mol. The summed E-state index contributed by atoms with van der Waals surface area (Å²) in [5.74, 6) is 0.623. The lowest BCUT2D eigenvalue weighted by Crippen LogP contribution is -2.43. The predicted molar refractivity (Wildman–Crippen MR) is 117 cm³/mol. The van der Waals surface area contributed by atoms with Crippen LogP contribution in [-0.2, 0) is 22.6 Å². The topological polar surface area (TPSA) is 85.7 Å². The number of ether oxygens (including phenoxy) is 2. The molecule has 0 bridgehead atoms. The summed E-state index contributed by atoms with van der Waals surface area (Å²) in [5, 5.41) is 7.47. The molecule has 0 atom stereocenters. The van der Waals surface area contributed by atoms with Gasteiger partial charge in [-0.15, -0.1) is 0 Å². The van der Waals surface area contributed by atoms with Crippen LogP contribution < -0.4 is 10.1 Å². The molecule has 8 nitrogen and oxygen atoms in total. The number of aromatic nitrogens is 2. The number of nitrogens with one attached hydrogen (secondary N) is 1. The van der Waals surface area contributed by atoms with Crippen LogP contribution in [0.2, 0.25) is 0 Å². The number of carbonyl (C=O) groups is 2. The van der Waals surface area contributed by atoms with Crippen molar-refractivity contribution in [2.24, 2.45) is 0 Å². The van der Waals surface area contributed by atoms with E-state index in [-0.39, 0.29) is 24.5 Å². The number of nitrogens with zero attached hydrogens (tertiary/aromatic N) is 3. The largest absolute Gasteiger partial charge is 0.490 e. The zero-order valence-corrected chi connectivity index (χ0v) is 18.8. The maximum Gasteiger partial charge on any atom is 0.251 e. The van der Waals surface area contributed by atoms with Crippen molar-refractivity contribution in [2.75, 3.05) is 26.8 Å². The number of amides is 2. The molecule has 1 N–H and O–H groups in total. The van der Waals surface area contributed by atoms with Gasteiger partial charge < -0.3 is 19.7 Å². The first kappa shape index (κ1) is 22.8. The van der Waals surface area contributed by atoms with Crippen LogP contribution in [0.5, 0.6) is 5.75 Å². The number of carbonyl (C=O) groups excluding carboxylic acids is 2. The molecular weight excluding hydrogens is 396 g/mol. The Kier molecular flexibility index (Phi) is 7.68. The summed E-state index contributed by atoms with van der Waals surface area (Å²) in [6.07, 6.45) is 1.62. The summed E-state index contributed by atoms with van der Waals surface area (Å²) < 4.78 is 12.9. The molecule has 2 amide bonds. The van der Waals surface area contributed by atoms with Gasteiger partial charge in [-0.25, -0.2) is 0 Å². The standard InChI is InChI=1S/C23H32N4O4/c1-5-27-17(3)21(16(2)25-27)14-24-23(29)18-6-8-19(9-7-18)31-20-10-12-26(13-11-20)22(28)15-30-4/h6-9,20H,5,10-15H2,1-4H3,(H,24,29). The molecule has 1 saturated heterocycles. The average Bonchev–Trinajstić information content (AvgIpc) is 3.05. The Labute approximate surface area is 183 Å². The molecule has 1 aliphatic heterocycles. The highest BCUT2D eigenvalue weighted by molar-refractivity contribution is 5.94. The molecule has 1 aromatic carbocycles. The molecule has 31 heavy (non-hydrogen) atoms. The van der Waals surface area contributed by atoms with Gasteiger partial charge in [0.1, 0.15) is 18.5 Å². The Morgan fingerprint density at radius 1 is 1.16 bits per heavy atom. The van der Waals surface area contributed by atoms with Crippen LogP contribution in [0.25, 0.3) is 0 Å². The molecule has 1 aromatic heterocycles. The minimum atomic E-state index is -0.125. The second-order valence-corrected chi connectivity index (χ2v) is 7.80. The highest BCUT2D eigenvalue weighted by Crippen LogP contribution is 2.20. The van der Waals surface area contributed by atoms with E-state index in [4.69, 9.17) is 9.47 Å². The van der Waals surface area contributed by atoms with Crippen molar-refractivity contribution in [2.45, 2.75) is 52.8 Å². The van der Waals surface area contributed by atoms with Gasteiger partial charge in [0.05, 0.1) is 5.69 Å². The van der Waals surface area contributed by atoms with E-state index in [2.05, 4.69) is 17.3 Å². The third-order valence-electron chi connectivity index (χ3n) is 5.74. The third kappa shape index (κ3) is 5.64. The first-order valence-corrected chi connectivity index (χ1v) is 10.8. The number of benzene rings is 1. The van der Waals surface area contributed by atoms with Crippen LogP contribution in [0.4, 0.5) is 0 Å². The molecule has 0 aliphatic carbocycles. The van der Waals surface area contributed by atoms with Gasteiger partial charge in [-0.2, -0.15) is 5.10 Å². The lowest BCUT2D eigenvalue weighted by Gasteiger charge is -2.32. The minimum absolute atomic E-state index is 0.0174. The molecular formula is C23H32N4O4. The highest BCUT2D eigenvalue weighted by Gasteiger charge is 2.23. The van der Waals surface area contributed by atoms with Gasteiger partial charge in [0.25, 0.3) is 5.91 Å². The molecule has 0 saturated carbocycles. The van der Waals surface area contributed by atoms with Gasteiger partial charge in [0.15, 0.2) is 0 Å². The summed E-state index contributed by atoms with van der Waals surface area (Å²) in [6.45, 7) is 8.76. The van der Waals surface area contributed by atoms with Crippen molar-refractivity contribution in [3.05, 3.63) is 46.8 Å². The van der Waals surface area contributed by atoms with Gasteiger partial charge in [-0.3, -0.25) is 14.3 Å². The molecule has 0 radical (unpaired) electrons. The first-order valence-electron chi connectivity index (χ1n) is 10.8. The minimum Gasteiger partial charge on any atom is -0.490 e. The van der Waals surface area contributed by atoms with Crippen LogP contribution in [-0.4, -0.2) is 59.4 Å². The fourth-order valence-electron chi connectivity index (χ4n) is 3.88. The van der Waals surface area contributed by atoms with E-state index < -0.39 is 0 Å². The molecule has 2 aromatic rings. The first-order chi connectivity index (χ1) is 14.9. The second-order valence-electron chi connectivity index (χ2n) is 7.80. The second kappa shape index (κ2) is 10.4. The van der Waals surface area contributed by atoms with Crippen LogP contribution in [0.3, 0.4) is 0 Å². The Balaban J connectivity index is 1.49. The fourth-order valence-corrected chi connectivity index (χ4v) is 3.88. The molecule has 168 valence electrons. The van der Waals surface area contributed by atoms with Gasteiger partial charge in [0, 0.05) is 63.0 Å². The lowest BCUT2D eigenvalue weighted by molar-refractivity contribution is -0.136. The number of hydrogen-bond donors (Lipinski definition) is 1. The van der Waals surface area contributed by atoms with Crippen LogP contribution in [0.15, 0.2) is 24.3 Å². The van der Waals surface area contributed by atoms with Crippen LogP contribution >= 0.6 is 0 Å². The van der Waals surface area contributed by atoms with Gasteiger partial charge in [-0.1, -0.05) is 0 Å².